The molecule has 6 heteroatoms. The van der Waals surface area contributed by atoms with Crippen molar-refractivity contribution in [3.05, 3.63) is 28.7 Å². The predicted octanol–water partition coefficient (Wildman–Crippen LogP) is 2.89. The van der Waals surface area contributed by atoms with Crippen LogP contribution in [0, 0.1) is 12.8 Å². The van der Waals surface area contributed by atoms with Crippen LogP contribution in [0.5, 0.6) is 0 Å². The SMILES string of the molecule is Cc1occc1C(=O)Nc1nnc(CC(C)C)s1. The molecular formula is C12H15N3O2S. The maximum Gasteiger partial charge on any atom is 0.261 e. The van der Waals surface area contributed by atoms with Crippen molar-refractivity contribution in [3.63, 3.8) is 0 Å². The van der Waals surface area contributed by atoms with E-state index in [-0.39, 0.29) is 5.91 Å². The standard InChI is InChI=1S/C12H15N3O2S/c1-7(2)6-10-14-15-12(18-10)13-11(16)9-4-5-17-8(9)3/h4-5,7H,6H2,1-3H3,(H,13,15,16). The minimum atomic E-state index is -0.214. The van der Waals surface area contributed by atoms with Crippen molar-refractivity contribution < 1.29 is 9.21 Å². The number of hydrogen-bond acceptors (Lipinski definition) is 5. The number of carbonyl (C=O) groups is 1. The van der Waals surface area contributed by atoms with Gasteiger partial charge in [0, 0.05) is 6.42 Å². The fourth-order valence-electron chi connectivity index (χ4n) is 1.52. The molecule has 2 aromatic heterocycles. The van der Waals surface area contributed by atoms with E-state index in [9.17, 15) is 4.79 Å². The number of aryl methyl sites for hydroxylation is 1. The molecule has 2 rings (SSSR count). The van der Waals surface area contributed by atoms with Crippen LogP contribution in [0.1, 0.15) is 35.0 Å². The summed E-state index contributed by atoms with van der Waals surface area (Å²) in [5.41, 5.74) is 0.524. The van der Waals surface area contributed by atoms with E-state index in [0.717, 1.165) is 11.4 Å². The lowest BCUT2D eigenvalue weighted by Gasteiger charge is -1.99. The van der Waals surface area contributed by atoms with Crippen LogP contribution in [-0.2, 0) is 6.42 Å². The zero-order valence-corrected chi connectivity index (χ0v) is 11.4. The number of carbonyl (C=O) groups excluding carboxylic acids is 1. The van der Waals surface area contributed by atoms with E-state index >= 15 is 0 Å². The highest BCUT2D eigenvalue weighted by Crippen LogP contribution is 2.19. The van der Waals surface area contributed by atoms with Crippen LogP contribution in [0.3, 0.4) is 0 Å². The predicted molar refractivity (Wildman–Crippen MR) is 69.8 cm³/mol. The zero-order chi connectivity index (χ0) is 13.1. The lowest BCUT2D eigenvalue weighted by Crippen LogP contribution is -2.11. The number of nitrogens with zero attached hydrogens (tertiary/aromatic N) is 2. The lowest BCUT2D eigenvalue weighted by molar-refractivity contribution is 0.102. The second-order valence-electron chi connectivity index (χ2n) is 4.44. The molecule has 0 fully saturated rings. The number of amides is 1. The summed E-state index contributed by atoms with van der Waals surface area (Å²) in [6.07, 6.45) is 2.37. The van der Waals surface area contributed by atoms with E-state index in [1.54, 1.807) is 13.0 Å². The highest BCUT2D eigenvalue weighted by atomic mass is 32.1. The van der Waals surface area contributed by atoms with Gasteiger partial charge in [0.2, 0.25) is 5.13 Å². The Labute approximate surface area is 109 Å². The third-order valence-electron chi connectivity index (χ3n) is 2.37. The Morgan fingerprint density at radius 3 is 2.89 bits per heavy atom. The van der Waals surface area contributed by atoms with Crippen molar-refractivity contribution in [3.8, 4) is 0 Å². The molecule has 0 spiro atoms. The number of rotatable bonds is 4. The summed E-state index contributed by atoms with van der Waals surface area (Å²) in [5, 5.41) is 12.2. The smallest absolute Gasteiger partial charge is 0.261 e. The van der Waals surface area contributed by atoms with Gasteiger partial charge in [-0.2, -0.15) is 0 Å². The molecule has 0 aromatic carbocycles. The van der Waals surface area contributed by atoms with Crippen molar-refractivity contribution in [1.29, 1.82) is 0 Å². The fourth-order valence-corrected chi connectivity index (χ4v) is 2.47. The number of aromatic nitrogens is 2. The van der Waals surface area contributed by atoms with Crippen LogP contribution in [0.4, 0.5) is 5.13 Å². The van der Waals surface area contributed by atoms with Gasteiger partial charge in [-0.1, -0.05) is 25.2 Å². The van der Waals surface area contributed by atoms with E-state index in [4.69, 9.17) is 4.42 Å². The summed E-state index contributed by atoms with van der Waals surface area (Å²) >= 11 is 1.41. The first-order valence-corrected chi connectivity index (χ1v) is 6.55. The number of furan rings is 1. The molecule has 0 bridgehead atoms. The Hall–Kier alpha value is -1.69. The Bertz CT molecular complexity index is 545. The van der Waals surface area contributed by atoms with Gasteiger partial charge in [-0.25, -0.2) is 0 Å². The van der Waals surface area contributed by atoms with Crippen LogP contribution in [0.15, 0.2) is 16.7 Å². The molecule has 1 amide bonds. The van der Waals surface area contributed by atoms with Gasteiger partial charge in [0.25, 0.3) is 5.91 Å². The van der Waals surface area contributed by atoms with Crippen molar-refractivity contribution in [1.82, 2.24) is 10.2 Å². The van der Waals surface area contributed by atoms with E-state index < -0.39 is 0 Å². The Balaban J connectivity index is 2.04. The topological polar surface area (TPSA) is 68.0 Å². The third-order valence-corrected chi connectivity index (χ3v) is 3.23. The molecule has 0 unspecified atom stereocenters. The van der Waals surface area contributed by atoms with Crippen molar-refractivity contribution in [2.75, 3.05) is 5.32 Å². The molecule has 96 valence electrons. The lowest BCUT2D eigenvalue weighted by atomic mass is 10.1. The number of anilines is 1. The van der Waals surface area contributed by atoms with Crippen LogP contribution < -0.4 is 5.32 Å². The monoisotopic (exact) mass is 265 g/mol. The first-order chi connectivity index (χ1) is 8.56. The molecule has 18 heavy (non-hydrogen) atoms. The van der Waals surface area contributed by atoms with Crippen LogP contribution in [-0.4, -0.2) is 16.1 Å². The van der Waals surface area contributed by atoms with Gasteiger partial charge in [0.15, 0.2) is 0 Å². The van der Waals surface area contributed by atoms with Crippen molar-refractivity contribution in [2.24, 2.45) is 5.92 Å². The molecule has 2 heterocycles. The second kappa shape index (κ2) is 5.30. The molecule has 0 aliphatic heterocycles. The third kappa shape index (κ3) is 2.95. The van der Waals surface area contributed by atoms with Gasteiger partial charge in [-0.3, -0.25) is 10.1 Å². The van der Waals surface area contributed by atoms with E-state index in [1.165, 1.54) is 17.6 Å². The number of hydrogen-bond donors (Lipinski definition) is 1. The molecule has 0 aliphatic rings. The second-order valence-corrected chi connectivity index (χ2v) is 5.51. The summed E-state index contributed by atoms with van der Waals surface area (Å²) in [5.74, 6) is 0.908. The van der Waals surface area contributed by atoms with E-state index in [1.807, 2.05) is 0 Å². The Morgan fingerprint density at radius 1 is 1.50 bits per heavy atom. The minimum absolute atomic E-state index is 0.214. The average Bonchev–Trinajstić information content (AvgIpc) is 2.87. The highest BCUT2D eigenvalue weighted by molar-refractivity contribution is 7.15. The average molecular weight is 265 g/mol. The summed E-state index contributed by atoms with van der Waals surface area (Å²) < 4.78 is 5.09. The van der Waals surface area contributed by atoms with Crippen LogP contribution in [0.2, 0.25) is 0 Å². The van der Waals surface area contributed by atoms with Gasteiger partial charge in [0.05, 0.1) is 11.8 Å². The summed E-state index contributed by atoms with van der Waals surface area (Å²) in [6, 6.07) is 1.64. The Kier molecular flexibility index (Phi) is 3.76. The maximum atomic E-state index is 11.9. The largest absolute Gasteiger partial charge is 0.469 e. The quantitative estimate of drug-likeness (QED) is 0.923. The number of nitrogens with one attached hydrogen (secondary N) is 1. The van der Waals surface area contributed by atoms with Gasteiger partial charge < -0.3 is 4.42 Å². The normalized spacial score (nSPS) is 10.9. The maximum absolute atomic E-state index is 11.9. The van der Waals surface area contributed by atoms with Gasteiger partial charge in [-0.05, 0) is 18.9 Å². The first kappa shape index (κ1) is 12.8. The molecule has 0 radical (unpaired) electrons. The highest BCUT2D eigenvalue weighted by Gasteiger charge is 2.14. The van der Waals surface area contributed by atoms with E-state index in [0.29, 0.717) is 22.4 Å². The van der Waals surface area contributed by atoms with Crippen molar-refractivity contribution >= 4 is 22.4 Å². The first-order valence-electron chi connectivity index (χ1n) is 5.74. The fraction of sp³-hybridized carbons (Fsp3) is 0.417. The van der Waals surface area contributed by atoms with Gasteiger partial charge in [-0.15, -0.1) is 10.2 Å². The molecule has 0 atom stereocenters. The summed E-state index contributed by atoms with van der Waals surface area (Å²) in [6.45, 7) is 5.99. The summed E-state index contributed by atoms with van der Waals surface area (Å²) in [7, 11) is 0. The van der Waals surface area contributed by atoms with Crippen LogP contribution in [0.25, 0.3) is 0 Å². The zero-order valence-electron chi connectivity index (χ0n) is 10.6. The molecule has 5 nitrogen and oxygen atoms in total. The Morgan fingerprint density at radius 2 is 2.28 bits per heavy atom. The molecule has 2 aromatic rings. The van der Waals surface area contributed by atoms with Crippen LogP contribution >= 0.6 is 11.3 Å². The van der Waals surface area contributed by atoms with Gasteiger partial charge in [0.1, 0.15) is 10.8 Å². The molecule has 0 saturated carbocycles. The molecule has 0 aliphatic carbocycles. The summed E-state index contributed by atoms with van der Waals surface area (Å²) in [4.78, 5) is 11.9. The molecule has 0 saturated heterocycles. The van der Waals surface area contributed by atoms with E-state index in [2.05, 4.69) is 29.4 Å². The molecule has 1 N–H and O–H groups in total. The van der Waals surface area contributed by atoms with Gasteiger partial charge >= 0.3 is 0 Å². The van der Waals surface area contributed by atoms with Crippen molar-refractivity contribution in [2.45, 2.75) is 27.2 Å². The minimum Gasteiger partial charge on any atom is -0.469 e. The molecular weight excluding hydrogens is 250 g/mol.